The fourth-order valence-electron chi connectivity index (χ4n) is 2.05. The van der Waals surface area contributed by atoms with E-state index in [2.05, 4.69) is 12.2 Å². The van der Waals surface area contributed by atoms with Gasteiger partial charge in [-0.05, 0) is 44.2 Å². The zero-order valence-corrected chi connectivity index (χ0v) is 8.31. The monoisotopic (exact) mass is 171 g/mol. The van der Waals surface area contributed by atoms with Gasteiger partial charge in [0.1, 0.15) is 0 Å². The Morgan fingerprint density at radius 1 is 1.58 bits per heavy atom. The number of piperidine rings is 1. The third kappa shape index (κ3) is 3.55. The second kappa shape index (κ2) is 5.55. The molecule has 1 fully saturated rings. The molecule has 0 aromatic carbocycles. The maximum atomic E-state index is 5.12. The van der Waals surface area contributed by atoms with Crippen LogP contribution >= 0.6 is 0 Å². The summed E-state index contributed by atoms with van der Waals surface area (Å²) in [4.78, 5) is 0. The lowest BCUT2D eigenvalue weighted by atomic mass is 9.90. The first-order valence-electron chi connectivity index (χ1n) is 5.02. The number of nitrogens with one attached hydrogen (secondary N) is 1. The van der Waals surface area contributed by atoms with E-state index < -0.39 is 0 Å². The minimum absolute atomic E-state index is 0.722. The predicted octanol–water partition coefficient (Wildman–Crippen LogP) is 1.66. The van der Waals surface area contributed by atoms with Crippen LogP contribution < -0.4 is 5.32 Å². The van der Waals surface area contributed by atoms with Gasteiger partial charge >= 0.3 is 0 Å². The normalized spacial score (nSPS) is 27.0. The quantitative estimate of drug-likeness (QED) is 0.694. The molecule has 0 saturated carbocycles. The highest BCUT2D eigenvalue weighted by atomic mass is 16.5. The van der Waals surface area contributed by atoms with Crippen molar-refractivity contribution in [3.05, 3.63) is 0 Å². The maximum Gasteiger partial charge on any atom is 0.0487 e. The number of hydrogen-bond acceptors (Lipinski definition) is 2. The standard InChI is InChI=1S/C10H21NO/c1-9(8-12-2)6-10-4-3-5-11-7-10/h9-11H,3-8H2,1-2H3. The van der Waals surface area contributed by atoms with Gasteiger partial charge in [-0.3, -0.25) is 0 Å². The van der Waals surface area contributed by atoms with Crippen LogP contribution in [0.5, 0.6) is 0 Å². The second-order valence-electron chi connectivity index (χ2n) is 4.01. The van der Waals surface area contributed by atoms with E-state index in [0.717, 1.165) is 18.4 Å². The minimum Gasteiger partial charge on any atom is -0.384 e. The molecule has 72 valence electrons. The largest absolute Gasteiger partial charge is 0.384 e. The lowest BCUT2D eigenvalue weighted by molar-refractivity contribution is 0.142. The Bertz CT molecular complexity index is 110. The molecule has 1 rings (SSSR count). The van der Waals surface area contributed by atoms with Crippen molar-refractivity contribution >= 4 is 0 Å². The molecule has 2 nitrogen and oxygen atoms in total. The third-order valence-electron chi connectivity index (χ3n) is 2.59. The van der Waals surface area contributed by atoms with Gasteiger partial charge in [0.05, 0.1) is 0 Å². The van der Waals surface area contributed by atoms with Gasteiger partial charge < -0.3 is 10.1 Å². The summed E-state index contributed by atoms with van der Waals surface area (Å²) in [6.07, 6.45) is 4.08. The first-order chi connectivity index (χ1) is 5.83. The third-order valence-corrected chi connectivity index (χ3v) is 2.59. The van der Waals surface area contributed by atoms with E-state index in [9.17, 15) is 0 Å². The molecule has 0 bridgehead atoms. The highest BCUT2D eigenvalue weighted by Crippen LogP contribution is 2.19. The molecule has 2 atom stereocenters. The summed E-state index contributed by atoms with van der Waals surface area (Å²) in [6, 6.07) is 0. The molecule has 0 radical (unpaired) electrons. The summed E-state index contributed by atoms with van der Waals surface area (Å²) in [5.74, 6) is 1.61. The summed E-state index contributed by atoms with van der Waals surface area (Å²) in [5.41, 5.74) is 0. The Hall–Kier alpha value is -0.0800. The molecule has 1 aliphatic heterocycles. The lowest BCUT2D eigenvalue weighted by Crippen LogP contribution is -2.31. The number of methoxy groups -OCH3 is 1. The lowest BCUT2D eigenvalue weighted by Gasteiger charge is -2.25. The van der Waals surface area contributed by atoms with Gasteiger partial charge in [0.15, 0.2) is 0 Å². The Morgan fingerprint density at radius 3 is 3.00 bits per heavy atom. The molecule has 12 heavy (non-hydrogen) atoms. The summed E-state index contributed by atoms with van der Waals surface area (Å²) in [5, 5.41) is 3.44. The molecule has 1 saturated heterocycles. The highest BCUT2D eigenvalue weighted by molar-refractivity contribution is 4.70. The first-order valence-corrected chi connectivity index (χ1v) is 5.02. The van der Waals surface area contributed by atoms with Gasteiger partial charge in [-0.25, -0.2) is 0 Å². The van der Waals surface area contributed by atoms with Crippen molar-refractivity contribution in [3.8, 4) is 0 Å². The van der Waals surface area contributed by atoms with Gasteiger partial charge in [-0.1, -0.05) is 6.92 Å². The number of ether oxygens (including phenoxy) is 1. The zero-order chi connectivity index (χ0) is 8.81. The van der Waals surface area contributed by atoms with E-state index >= 15 is 0 Å². The van der Waals surface area contributed by atoms with Crippen molar-refractivity contribution in [2.75, 3.05) is 26.8 Å². The van der Waals surface area contributed by atoms with Gasteiger partial charge in [0.2, 0.25) is 0 Å². The topological polar surface area (TPSA) is 21.3 Å². The zero-order valence-electron chi connectivity index (χ0n) is 8.31. The van der Waals surface area contributed by atoms with Crippen molar-refractivity contribution in [1.29, 1.82) is 0 Å². The van der Waals surface area contributed by atoms with Crippen molar-refractivity contribution in [1.82, 2.24) is 5.32 Å². The highest BCUT2D eigenvalue weighted by Gasteiger charge is 2.15. The molecule has 0 aliphatic carbocycles. The van der Waals surface area contributed by atoms with Gasteiger partial charge in [0.25, 0.3) is 0 Å². The van der Waals surface area contributed by atoms with E-state index in [4.69, 9.17) is 4.74 Å². The summed E-state index contributed by atoms with van der Waals surface area (Å²) < 4.78 is 5.12. The fraction of sp³-hybridized carbons (Fsp3) is 1.00. The van der Waals surface area contributed by atoms with Gasteiger partial charge in [-0.2, -0.15) is 0 Å². The van der Waals surface area contributed by atoms with Crippen molar-refractivity contribution in [2.45, 2.75) is 26.2 Å². The predicted molar refractivity (Wildman–Crippen MR) is 51.3 cm³/mol. The Labute approximate surface area is 75.7 Å². The summed E-state index contributed by atoms with van der Waals surface area (Å²) >= 11 is 0. The number of hydrogen-bond donors (Lipinski definition) is 1. The SMILES string of the molecule is COCC(C)CC1CCCNC1. The minimum atomic E-state index is 0.722. The van der Waals surface area contributed by atoms with E-state index in [1.165, 1.54) is 32.4 Å². The van der Waals surface area contributed by atoms with Crippen LogP contribution in [0, 0.1) is 11.8 Å². The Balaban J connectivity index is 2.11. The summed E-state index contributed by atoms with van der Waals surface area (Å²) in [7, 11) is 1.79. The van der Waals surface area contributed by atoms with Crippen molar-refractivity contribution < 1.29 is 4.74 Å². The van der Waals surface area contributed by atoms with E-state index in [1.54, 1.807) is 7.11 Å². The molecular formula is C10H21NO. The van der Waals surface area contributed by atoms with Crippen LogP contribution in [0.1, 0.15) is 26.2 Å². The van der Waals surface area contributed by atoms with Crippen LogP contribution in [0.15, 0.2) is 0 Å². The van der Waals surface area contributed by atoms with E-state index in [0.29, 0.717) is 0 Å². The van der Waals surface area contributed by atoms with Crippen LogP contribution in [-0.2, 0) is 4.74 Å². The molecular weight excluding hydrogens is 150 g/mol. The molecule has 0 aromatic heterocycles. The maximum absolute atomic E-state index is 5.12. The van der Waals surface area contributed by atoms with Gasteiger partial charge in [-0.15, -0.1) is 0 Å². The molecule has 0 amide bonds. The van der Waals surface area contributed by atoms with Crippen LogP contribution in [0.25, 0.3) is 0 Å². The van der Waals surface area contributed by atoms with Gasteiger partial charge in [0, 0.05) is 13.7 Å². The van der Waals surface area contributed by atoms with Crippen LogP contribution in [0.3, 0.4) is 0 Å². The fourth-order valence-corrected chi connectivity index (χ4v) is 2.05. The molecule has 2 heteroatoms. The average molecular weight is 171 g/mol. The van der Waals surface area contributed by atoms with Crippen LogP contribution in [-0.4, -0.2) is 26.8 Å². The Kier molecular flexibility index (Phi) is 4.62. The van der Waals surface area contributed by atoms with Crippen LogP contribution in [0.4, 0.5) is 0 Å². The molecule has 1 heterocycles. The molecule has 2 unspecified atom stereocenters. The van der Waals surface area contributed by atoms with Crippen molar-refractivity contribution in [2.24, 2.45) is 11.8 Å². The smallest absolute Gasteiger partial charge is 0.0487 e. The first kappa shape index (κ1) is 10.0. The number of rotatable bonds is 4. The molecule has 0 aromatic rings. The van der Waals surface area contributed by atoms with E-state index in [-0.39, 0.29) is 0 Å². The molecule has 1 N–H and O–H groups in total. The second-order valence-corrected chi connectivity index (χ2v) is 4.01. The van der Waals surface area contributed by atoms with Crippen LogP contribution in [0.2, 0.25) is 0 Å². The Morgan fingerprint density at radius 2 is 2.42 bits per heavy atom. The molecule has 1 aliphatic rings. The van der Waals surface area contributed by atoms with E-state index in [1.807, 2.05) is 0 Å². The molecule has 0 spiro atoms. The van der Waals surface area contributed by atoms with Crippen molar-refractivity contribution in [3.63, 3.8) is 0 Å². The summed E-state index contributed by atoms with van der Waals surface area (Å²) in [6.45, 7) is 5.62. The average Bonchev–Trinajstić information content (AvgIpc) is 2.06.